The predicted molar refractivity (Wildman–Crippen MR) is 122 cm³/mol. The van der Waals surface area contributed by atoms with E-state index in [2.05, 4.69) is 35.9 Å². The number of ether oxygens (including phenoxy) is 2. The number of non-ortho nitro benzene ring substituents is 1. The summed E-state index contributed by atoms with van der Waals surface area (Å²) in [4.78, 5) is 17.7. The van der Waals surface area contributed by atoms with Crippen molar-refractivity contribution in [3.05, 3.63) is 93.8 Å². The number of pyridine rings is 1. The molecule has 2 aliphatic rings. The zero-order valence-electron chi connectivity index (χ0n) is 18.1. The number of rotatable bonds is 4. The summed E-state index contributed by atoms with van der Waals surface area (Å²) in [7, 11) is 1.49. The Bertz CT molecular complexity index is 1240. The average molecular weight is 429 g/mol. The number of benzene rings is 2. The van der Waals surface area contributed by atoms with Gasteiger partial charge in [0.15, 0.2) is 11.5 Å². The van der Waals surface area contributed by atoms with Crippen LogP contribution in [0.2, 0.25) is 0 Å². The summed E-state index contributed by atoms with van der Waals surface area (Å²) >= 11 is 0. The van der Waals surface area contributed by atoms with E-state index in [0.717, 1.165) is 16.9 Å². The number of methoxy groups -OCH3 is 1. The molecule has 7 heteroatoms. The van der Waals surface area contributed by atoms with Crippen molar-refractivity contribution in [3.63, 3.8) is 0 Å². The number of nitro groups is 1. The van der Waals surface area contributed by atoms with E-state index >= 15 is 0 Å². The van der Waals surface area contributed by atoms with Crippen LogP contribution in [0.15, 0.2) is 66.9 Å². The molecule has 0 saturated heterocycles. The quantitative estimate of drug-likeness (QED) is 0.424. The highest BCUT2D eigenvalue weighted by Gasteiger charge is 2.59. The second-order valence-corrected chi connectivity index (χ2v) is 8.50. The molecule has 0 N–H and O–H groups in total. The van der Waals surface area contributed by atoms with Gasteiger partial charge in [-0.15, -0.1) is 0 Å². The highest BCUT2D eigenvalue weighted by Crippen LogP contribution is 2.56. The molecule has 2 aliphatic heterocycles. The fraction of sp³-hybridized carbons (Fsp3) is 0.240. The van der Waals surface area contributed by atoms with Crippen LogP contribution in [0.4, 0.5) is 11.4 Å². The van der Waals surface area contributed by atoms with Gasteiger partial charge >= 0.3 is 0 Å². The minimum atomic E-state index is -0.870. The lowest BCUT2D eigenvalue weighted by molar-refractivity contribution is -0.385. The van der Waals surface area contributed by atoms with E-state index in [1.54, 1.807) is 6.20 Å². The summed E-state index contributed by atoms with van der Waals surface area (Å²) in [6.07, 6.45) is 5.68. The summed E-state index contributed by atoms with van der Waals surface area (Å²) in [5, 5.41) is 11.4. The summed E-state index contributed by atoms with van der Waals surface area (Å²) in [6.45, 7) is 4.84. The molecule has 7 nitrogen and oxygen atoms in total. The summed E-state index contributed by atoms with van der Waals surface area (Å²) in [6, 6.07) is 17.0. The van der Waals surface area contributed by atoms with Gasteiger partial charge in [0, 0.05) is 23.5 Å². The molecule has 3 heterocycles. The Kier molecular flexibility index (Phi) is 4.44. The molecule has 0 bridgehead atoms. The summed E-state index contributed by atoms with van der Waals surface area (Å²) < 4.78 is 12.3. The van der Waals surface area contributed by atoms with Crippen molar-refractivity contribution >= 4 is 17.5 Å². The Balaban J connectivity index is 1.69. The van der Waals surface area contributed by atoms with Crippen molar-refractivity contribution in [2.75, 3.05) is 12.0 Å². The van der Waals surface area contributed by atoms with Crippen LogP contribution in [0.5, 0.6) is 11.5 Å². The minimum absolute atomic E-state index is 0.0379. The SMILES string of the molecule is COc1cc([N+](=O)[O-])cc2c1OC1(C=C2)N(Cc2ccccn2)c2ccccc2C1(C)C. The molecule has 1 aromatic heterocycles. The van der Waals surface area contributed by atoms with Crippen LogP contribution >= 0.6 is 0 Å². The largest absolute Gasteiger partial charge is 0.493 e. The first-order valence-electron chi connectivity index (χ1n) is 10.4. The van der Waals surface area contributed by atoms with E-state index in [4.69, 9.17) is 9.47 Å². The molecule has 2 aromatic carbocycles. The predicted octanol–water partition coefficient (Wildman–Crippen LogP) is 5.10. The zero-order valence-corrected chi connectivity index (χ0v) is 18.1. The molecule has 162 valence electrons. The summed E-state index contributed by atoms with van der Waals surface area (Å²) in [5.74, 6) is 0.829. The highest BCUT2D eigenvalue weighted by atomic mass is 16.6. The number of hydrogen-bond donors (Lipinski definition) is 0. The van der Waals surface area contributed by atoms with Gasteiger partial charge in [-0.3, -0.25) is 15.1 Å². The normalized spacial score (nSPS) is 19.9. The molecule has 3 aromatic rings. The number of nitro benzene ring substituents is 1. The minimum Gasteiger partial charge on any atom is -0.493 e. The van der Waals surface area contributed by atoms with Crippen molar-refractivity contribution in [1.82, 2.24) is 4.98 Å². The maximum absolute atomic E-state index is 11.4. The van der Waals surface area contributed by atoms with Crippen molar-refractivity contribution in [1.29, 1.82) is 0 Å². The Morgan fingerprint density at radius 2 is 1.94 bits per heavy atom. The third kappa shape index (κ3) is 2.77. The van der Waals surface area contributed by atoms with Gasteiger partial charge in [-0.2, -0.15) is 0 Å². The van der Waals surface area contributed by atoms with Gasteiger partial charge in [-0.1, -0.05) is 24.3 Å². The first-order valence-corrected chi connectivity index (χ1v) is 10.4. The van der Waals surface area contributed by atoms with E-state index in [9.17, 15) is 10.1 Å². The lowest BCUT2D eigenvalue weighted by atomic mass is 9.76. The van der Waals surface area contributed by atoms with Crippen molar-refractivity contribution < 1.29 is 14.4 Å². The van der Waals surface area contributed by atoms with E-state index in [-0.39, 0.29) is 5.69 Å². The first kappa shape index (κ1) is 20.1. The van der Waals surface area contributed by atoms with E-state index in [1.165, 1.54) is 19.2 Å². The third-order valence-corrected chi connectivity index (χ3v) is 6.46. The molecular formula is C25H23N3O4. The molecule has 5 rings (SSSR count). The van der Waals surface area contributed by atoms with Crippen LogP contribution in [0.1, 0.15) is 30.7 Å². The van der Waals surface area contributed by atoms with Crippen LogP contribution in [-0.2, 0) is 12.0 Å². The van der Waals surface area contributed by atoms with Gasteiger partial charge in [0.25, 0.3) is 5.69 Å². The van der Waals surface area contributed by atoms with Gasteiger partial charge in [0.1, 0.15) is 0 Å². The molecule has 32 heavy (non-hydrogen) atoms. The average Bonchev–Trinajstić information content (AvgIpc) is 2.98. The van der Waals surface area contributed by atoms with Crippen molar-refractivity contribution in [3.8, 4) is 11.5 Å². The number of anilines is 1. The van der Waals surface area contributed by atoms with Crippen LogP contribution < -0.4 is 14.4 Å². The second kappa shape index (κ2) is 7.09. The molecule has 1 spiro atoms. The Labute approximate surface area is 186 Å². The van der Waals surface area contributed by atoms with Crippen molar-refractivity contribution in [2.45, 2.75) is 31.5 Å². The monoisotopic (exact) mass is 429 g/mol. The van der Waals surface area contributed by atoms with Gasteiger partial charge in [0.05, 0.1) is 35.8 Å². The number of hydrogen-bond acceptors (Lipinski definition) is 6. The number of aromatic nitrogens is 1. The standard InChI is InChI=1S/C25H23N3O4/c1-24(2)20-9-4-5-10-21(20)27(16-18-8-6-7-13-26-18)25(24)12-11-17-14-19(28(29)30)15-22(31-3)23(17)32-25/h4-15H,16H2,1-3H3. The molecular weight excluding hydrogens is 406 g/mol. The third-order valence-electron chi connectivity index (χ3n) is 6.46. The lowest BCUT2D eigenvalue weighted by Gasteiger charge is -2.47. The van der Waals surface area contributed by atoms with E-state index < -0.39 is 16.1 Å². The number of fused-ring (bicyclic) bond motifs is 2. The van der Waals surface area contributed by atoms with E-state index in [1.807, 2.05) is 42.5 Å². The number of para-hydroxylation sites is 1. The molecule has 1 atom stereocenters. The maximum atomic E-state index is 11.4. The summed E-state index contributed by atoms with van der Waals surface area (Å²) in [5.41, 5.74) is 2.42. The number of nitrogens with zero attached hydrogens (tertiary/aromatic N) is 3. The zero-order chi connectivity index (χ0) is 22.5. The second-order valence-electron chi connectivity index (χ2n) is 8.50. The smallest absolute Gasteiger partial charge is 0.274 e. The molecule has 1 unspecified atom stereocenters. The van der Waals surface area contributed by atoms with Gasteiger partial charge in [0.2, 0.25) is 5.72 Å². The first-order chi connectivity index (χ1) is 15.4. The topological polar surface area (TPSA) is 77.7 Å². The fourth-order valence-electron chi connectivity index (χ4n) is 4.78. The molecule has 0 aliphatic carbocycles. The fourth-order valence-corrected chi connectivity index (χ4v) is 4.78. The van der Waals surface area contributed by atoms with E-state index in [0.29, 0.717) is 23.6 Å². The highest BCUT2D eigenvalue weighted by molar-refractivity contribution is 5.75. The van der Waals surface area contributed by atoms with Crippen LogP contribution in [0.3, 0.4) is 0 Å². The Hall–Kier alpha value is -3.87. The van der Waals surface area contributed by atoms with Crippen LogP contribution in [-0.4, -0.2) is 22.7 Å². The Morgan fingerprint density at radius 1 is 1.16 bits per heavy atom. The van der Waals surface area contributed by atoms with Gasteiger partial charge in [-0.25, -0.2) is 0 Å². The van der Waals surface area contributed by atoms with Gasteiger partial charge < -0.3 is 14.4 Å². The molecule has 0 saturated carbocycles. The lowest BCUT2D eigenvalue weighted by Crippen LogP contribution is -2.59. The molecule has 0 radical (unpaired) electrons. The van der Waals surface area contributed by atoms with Crippen molar-refractivity contribution in [2.24, 2.45) is 0 Å². The Morgan fingerprint density at radius 3 is 2.66 bits per heavy atom. The van der Waals surface area contributed by atoms with Crippen LogP contribution in [0.25, 0.3) is 6.08 Å². The van der Waals surface area contributed by atoms with Crippen LogP contribution in [0, 0.1) is 10.1 Å². The maximum Gasteiger partial charge on any atom is 0.274 e. The molecule has 0 fully saturated rings. The molecule has 0 amide bonds. The van der Waals surface area contributed by atoms with Gasteiger partial charge in [-0.05, 0) is 49.8 Å².